The van der Waals surface area contributed by atoms with Crippen LogP contribution in [0.5, 0.6) is 0 Å². The van der Waals surface area contributed by atoms with Crippen molar-refractivity contribution in [1.29, 1.82) is 0 Å². The Morgan fingerprint density at radius 1 is 0.933 bits per heavy atom. The zero-order valence-corrected chi connectivity index (χ0v) is 17.5. The molecule has 2 aromatic carbocycles. The topological polar surface area (TPSA) is 72.9 Å². The zero-order chi connectivity index (χ0) is 21.3. The second-order valence-electron chi connectivity index (χ2n) is 7.97. The van der Waals surface area contributed by atoms with E-state index in [4.69, 9.17) is 5.11 Å². The molecule has 0 aliphatic carbocycles. The highest BCUT2D eigenvalue weighted by Crippen LogP contribution is 2.29. The fraction of sp³-hybridized carbons (Fsp3) is 0.417. The average molecular weight is 410 g/mol. The molecule has 0 aromatic heterocycles. The van der Waals surface area contributed by atoms with Crippen LogP contribution in [0.2, 0.25) is 0 Å². The van der Waals surface area contributed by atoms with Gasteiger partial charge in [0.05, 0.1) is 6.04 Å². The quantitative estimate of drug-likeness (QED) is 0.699. The van der Waals surface area contributed by atoms with Crippen molar-refractivity contribution in [2.75, 3.05) is 32.7 Å². The van der Waals surface area contributed by atoms with Gasteiger partial charge >= 0.3 is 6.09 Å². The fourth-order valence-corrected chi connectivity index (χ4v) is 4.07. The second-order valence-corrected chi connectivity index (χ2v) is 7.97. The molecular weight excluding hydrogens is 378 g/mol. The molecule has 2 aromatic rings. The van der Waals surface area contributed by atoms with E-state index in [-0.39, 0.29) is 17.9 Å². The first kappa shape index (κ1) is 21.8. The minimum Gasteiger partial charge on any atom is -0.465 e. The zero-order valence-electron chi connectivity index (χ0n) is 17.5. The van der Waals surface area contributed by atoms with Crippen LogP contribution in [0.4, 0.5) is 4.79 Å². The van der Waals surface area contributed by atoms with Crippen molar-refractivity contribution in [1.82, 2.24) is 15.1 Å². The highest BCUT2D eigenvalue weighted by molar-refractivity contribution is 5.76. The summed E-state index contributed by atoms with van der Waals surface area (Å²) in [6.07, 6.45) is 0.112. The number of rotatable bonds is 8. The summed E-state index contributed by atoms with van der Waals surface area (Å²) < 4.78 is 0. The molecule has 1 aliphatic rings. The molecule has 1 atom stereocenters. The summed E-state index contributed by atoms with van der Waals surface area (Å²) in [4.78, 5) is 27.6. The first-order valence-corrected chi connectivity index (χ1v) is 10.6. The van der Waals surface area contributed by atoms with E-state index in [0.717, 1.165) is 26.2 Å². The van der Waals surface area contributed by atoms with Crippen LogP contribution in [0.15, 0.2) is 60.7 Å². The lowest BCUT2D eigenvalue weighted by molar-refractivity contribution is -0.134. The molecule has 160 valence electrons. The van der Waals surface area contributed by atoms with Crippen molar-refractivity contribution >= 4 is 12.0 Å². The third kappa shape index (κ3) is 6.07. The normalized spacial score (nSPS) is 15.7. The standard InChI is InChI=1S/C24H31N3O3/c1-19(12-13-25-24(29)30)18-22(28)26-14-16-27(17-15-26)23(20-8-4-2-5-9-20)21-10-6-3-7-11-21/h2-11,19,23,25H,12-18H2,1H3,(H,29,30). The van der Waals surface area contributed by atoms with E-state index >= 15 is 0 Å². The molecule has 1 heterocycles. The maximum absolute atomic E-state index is 12.7. The van der Waals surface area contributed by atoms with Gasteiger partial charge in [0.15, 0.2) is 0 Å². The summed E-state index contributed by atoms with van der Waals surface area (Å²) in [5.41, 5.74) is 2.53. The van der Waals surface area contributed by atoms with Gasteiger partial charge in [-0.1, -0.05) is 67.6 Å². The maximum atomic E-state index is 12.7. The lowest BCUT2D eigenvalue weighted by atomic mass is 9.96. The van der Waals surface area contributed by atoms with Gasteiger partial charge in [-0.05, 0) is 23.5 Å². The van der Waals surface area contributed by atoms with Crippen LogP contribution in [0.1, 0.15) is 36.9 Å². The number of carbonyl (C=O) groups is 2. The molecule has 0 spiro atoms. The Hall–Kier alpha value is -2.86. The van der Waals surface area contributed by atoms with E-state index in [0.29, 0.717) is 19.4 Å². The molecule has 0 saturated carbocycles. The predicted octanol–water partition coefficient (Wildman–Crippen LogP) is 3.60. The van der Waals surface area contributed by atoms with Crippen molar-refractivity contribution in [2.45, 2.75) is 25.8 Å². The summed E-state index contributed by atoms with van der Waals surface area (Å²) in [6, 6.07) is 21.2. The Labute approximate surface area is 178 Å². The number of hydrogen-bond donors (Lipinski definition) is 2. The van der Waals surface area contributed by atoms with Crippen molar-refractivity contribution in [3.63, 3.8) is 0 Å². The minimum atomic E-state index is -1.02. The van der Waals surface area contributed by atoms with Gasteiger partial charge in [0, 0.05) is 39.1 Å². The molecule has 1 unspecified atom stereocenters. The molecule has 6 heteroatoms. The lowest BCUT2D eigenvalue weighted by Gasteiger charge is -2.40. The van der Waals surface area contributed by atoms with Crippen molar-refractivity contribution < 1.29 is 14.7 Å². The monoisotopic (exact) mass is 409 g/mol. The van der Waals surface area contributed by atoms with E-state index in [2.05, 4.69) is 58.7 Å². The number of benzene rings is 2. The van der Waals surface area contributed by atoms with Gasteiger partial charge in [0.1, 0.15) is 0 Å². The van der Waals surface area contributed by atoms with Crippen LogP contribution in [-0.4, -0.2) is 59.6 Å². The average Bonchev–Trinajstić information content (AvgIpc) is 2.75. The van der Waals surface area contributed by atoms with E-state index < -0.39 is 6.09 Å². The van der Waals surface area contributed by atoms with Crippen LogP contribution >= 0.6 is 0 Å². The molecule has 1 fully saturated rings. The molecule has 0 bridgehead atoms. The Morgan fingerprint density at radius 3 is 1.97 bits per heavy atom. The maximum Gasteiger partial charge on any atom is 0.404 e. The molecular formula is C24H31N3O3. The van der Waals surface area contributed by atoms with Crippen molar-refractivity contribution in [2.24, 2.45) is 5.92 Å². The SMILES string of the molecule is CC(CCNC(=O)O)CC(=O)N1CCN(C(c2ccccc2)c2ccccc2)CC1. The lowest BCUT2D eigenvalue weighted by Crippen LogP contribution is -2.50. The van der Waals surface area contributed by atoms with E-state index in [1.807, 2.05) is 24.0 Å². The first-order chi connectivity index (χ1) is 14.5. The predicted molar refractivity (Wildman–Crippen MR) is 117 cm³/mol. The van der Waals surface area contributed by atoms with Crippen LogP contribution in [-0.2, 0) is 4.79 Å². The summed E-state index contributed by atoms with van der Waals surface area (Å²) in [7, 11) is 0. The molecule has 1 saturated heterocycles. The van der Waals surface area contributed by atoms with Gasteiger partial charge in [-0.15, -0.1) is 0 Å². The molecule has 0 radical (unpaired) electrons. The summed E-state index contributed by atoms with van der Waals surface area (Å²) >= 11 is 0. The van der Waals surface area contributed by atoms with E-state index in [9.17, 15) is 9.59 Å². The van der Waals surface area contributed by atoms with Gasteiger partial charge < -0.3 is 15.3 Å². The number of amides is 2. The van der Waals surface area contributed by atoms with Gasteiger partial charge in [-0.2, -0.15) is 0 Å². The number of carbonyl (C=O) groups excluding carboxylic acids is 1. The summed E-state index contributed by atoms with van der Waals surface area (Å²) in [5, 5.41) is 11.0. The summed E-state index contributed by atoms with van der Waals surface area (Å²) in [6.45, 7) is 5.47. The second kappa shape index (κ2) is 10.8. The molecule has 2 amide bonds. The molecule has 6 nitrogen and oxygen atoms in total. The van der Waals surface area contributed by atoms with Crippen molar-refractivity contribution in [3.05, 3.63) is 71.8 Å². The van der Waals surface area contributed by atoms with Gasteiger partial charge in [-0.25, -0.2) is 4.79 Å². The Bertz CT molecular complexity index is 765. The highest BCUT2D eigenvalue weighted by Gasteiger charge is 2.28. The Balaban J connectivity index is 1.57. The van der Waals surface area contributed by atoms with Crippen LogP contribution in [0.3, 0.4) is 0 Å². The van der Waals surface area contributed by atoms with Crippen LogP contribution < -0.4 is 5.32 Å². The van der Waals surface area contributed by atoms with Gasteiger partial charge in [-0.3, -0.25) is 9.69 Å². The molecule has 30 heavy (non-hydrogen) atoms. The number of piperazine rings is 1. The van der Waals surface area contributed by atoms with E-state index in [1.54, 1.807) is 0 Å². The Kier molecular flexibility index (Phi) is 7.85. The third-order valence-electron chi connectivity index (χ3n) is 5.70. The number of hydrogen-bond acceptors (Lipinski definition) is 3. The number of nitrogens with one attached hydrogen (secondary N) is 1. The smallest absolute Gasteiger partial charge is 0.404 e. The van der Waals surface area contributed by atoms with Gasteiger partial charge in [0.25, 0.3) is 0 Å². The van der Waals surface area contributed by atoms with Crippen LogP contribution in [0, 0.1) is 5.92 Å². The van der Waals surface area contributed by atoms with Crippen LogP contribution in [0.25, 0.3) is 0 Å². The minimum absolute atomic E-state index is 0.156. The largest absolute Gasteiger partial charge is 0.465 e. The first-order valence-electron chi connectivity index (χ1n) is 10.6. The van der Waals surface area contributed by atoms with E-state index in [1.165, 1.54) is 11.1 Å². The number of nitrogens with zero attached hydrogens (tertiary/aromatic N) is 2. The molecule has 3 rings (SSSR count). The molecule has 1 aliphatic heterocycles. The van der Waals surface area contributed by atoms with Crippen molar-refractivity contribution in [3.8, 4) is 0 Å². The highest BCUT2D eigenvalue weighted by atomic mass is 16.4. The Morgan fingerprint density at radius 2 is 1.47 bits per heavy atom. The summed E-state index contributed by atoms with van der Waals surface area (Å²) in [5.74, 6) is 0.317. The van der Waals surface area contributed by atoms with Gasteiger partial charge in [0.2, 0.25) is 5.91 Å². The third-order valence-corrected chi connectivity index (χ3v) is 5.70. The number of carboxylic acid groups (broad SMARTS) is 1. The molecule has 2 N–H and O–H groups in total. The fourth-order valence-electron chi connectivity index (χ4n) is 4.07.